The van der Waals surface area contributed by atoms with Gasteiger partial charge in [-0.05, 0) is 39.7 Å². The Morgan fingerprint density at radius 3 is 2.87 bits per heavy atom. The molecule has 3 heteroatoms. The van der Waals surface area contributed by atoms with E-state index in [-0.39, 0.29) is 6.04 Å². The van der Waals surface area contributed by atoms with E-state index in [2.05, 4.69) is 24.7 Å². The van der Waals surface area contributed by atoms with Gasteiger partial charge in [0.05, 0.1) is 11.4 Å². The minimum absolute atomic E-state index is 0.0721. The van der Waals surface area contributed by atoms with E-state index >= 15 is 0 Å². The highest BCUT2D eigenvalue weighted by molar-refractivity contribution is 5.13. The molecule has 1 rings (SSSR count). The van der Waals surface area contributed by atoms with E-state index in [9.17, 15) is 0 Å². The first-order valence-electron chi connectivity index (χ1n) is 5.49. The smallest absolute Gasteiger partial charge is 0.0597 e. The summed E-state index contributed by atoms with van der Waals surface area (Å²) < 4.78 is 1.98. The number of allylic oxidation sites excluding steroid dienone is 1. The standard InChI is InChI=1S/C12H21N3/c1-5-15-12(8-10(4)14-15)11(13)7-6-9(2)3/h8,11H,2,5-7,13H2,1,3-4H3. The summed E-state index contributed by atoms with van der Waals surface area (Å²) in [6.45, 7) is 10.9. The summed E-state index contributed by atoms with van der Waals surface area (Å²) in [5, 5.41) is 4.39. The lowest BCUT2D eigenvalue weighted by atomic mass is 10.1. The average molecular weight is 207 g/mol. The van der Waals surface area contributed by atoms with Crippen molar-refractivity contribution in [2.75, 3.05) is 0 Å². The van der Waals surface area contributed by atoms with Gasteiger partial charge in [-0.2, -0.15) is 5.10 Å². The van der Waals surface area contributed by atoms with E-state index in [1.165, 1.54) is 5.57 Å². The van der Waals surface area contributed by atoms with Gasteiger partial charge in [0.2, 0.25) is 0 Å². The number of hydrogen-bond donors (Lipinski definition) is 1. The molecule has 1 unspecified atom stereocenters. The predicted octanol–water partition coefficient (Wildman–Crippen LogP) is 2.57. The highest BCUT2D eigenvalue weighted by atomic mass is 15.3. The molecule has 0 aliphatic carbocycles. The Morgan fingerprint density at radius 2 is 2.33 bits per heavy atom. The molecule has 0 saturated carbocycles. The molecule has 2 N–H and O–H groups in total. The summed E-state index contributed by atoms with van der Waals surface area (Å²) in [5.41, 5.74) is 9.49. The molecular weight excluding hydrogens is 186 g/mol. The van der Waals surface area contributed by atoms with Crippen LogP contribution >= 0.6 is 0 Å². The fourth-order valence-corrected chi connectivity index (χ4v) is 1.67. The van der Waals surface area contributed by atoms with Gasteiger partial charge in [0.25, 0.3) is 0 Å². The van der Waals surface area contributed by atoms with E-state index in [0.29, 0.717) is 0 Å². The number of nitrogens with zero attached hydrogens (tertiary/aromatic N) is 2. The SMILES string of the molecule is C=C(C)CCC(N)c1cc(C)nn1CC. The van der Waals surface area contributed by atoms with Gasteiger partial charge in [-0.15, -0.1) is 6.58 Å². The fraction of sp³-hybridized carbons (Fsp3) is 0.583. The van der Waals surface area contributed by atoms with E-state index < -0.39 is 0 Å². The zero-order valence-corrected chi connectivity index (χ0v) is 9.95. The van der Waals surface area contributed by atoms with Crippen molar-refractivity contribution in [2.24, 2.45) is 5.73 Å². The van der Waals surface area contributed by atoms with Gasteiger partial charge in [-0.25, -0.2) is 0 Å². The van der Waals surface area contributed by atoms with Crippen molar-refractivity contribution in [3.8, 4) is 0 Å². The molecule has 1 aromatic rings. The lowest BCUT2D eigenvalue weighted by Gasteiger charge is -2.12. The van der Waals surface area contributed by atoms with Gasteiger partial charge in [0.15, 0.2) is 0 Å². The second-order valence-electron chi connectivity index (χ2n) is 4.13. The summed E-state index contributed by atoms with van der Waals surface area (Å²) >= 11 is 0. The maximum Gasteiger partial charge on any atom is 0.0597 e. The highest BCUT2D eigenvalue weighted by Gasteiger charge is 2.12. The molecule has 15 heavy (non-hydrogen) atoms. The summed E-state index contributed by atoms with van der Waals surface area (Å²) in [4.78, 5) is 0. The quantitative estimate of drug-likeness (QED) is 0.754. The molecule has 0 saturated heterocycles. The second-order valence-corrected chi connectivity index (χ2v) is 4.13. The van der Waals surface area contributed by atoms with Crippen molar-refractivity contribution >= 4 is 0 Å². The van der Waals surface area contributed by atoms with Crippen LogP contribution in [0.2, 0.25) is 0 Å². The van der Waals surface area contributed by atoms with E-state index in [1.54, 1.807) is 0 Å². The maximum absolute atomic E-state index is 6.13. The summed E-state index contributed by atoms with van der Waals surface area (Å²) in [6.07, 6.45) is 1.93. The van der Waals surface area contributed by atoms with Crippen molar-refractivity contribution in [1.29, 1.82) is 0 Å². The first kappa shape index (κ1) is 12.0. The first-order chi connectivity index (χ1) is 7.04. The minimum atomic E-state index is 0.0721. The highest BCUT2D eigenvalue weighted by Crippen LogP contribution is 2.18. The van der Waals surface area contributed by atoms with Crippen molar-refractivity contribution in [1.82, 2.24) is 9.78 Å². The lowest BCUT2D eigenvalue weighted by Crippen LogP contribution is -2.15. The maximum atomic E-state index is 6.13. The molecule has 0 spiro atoms. The second kappa shape index (κ2) is 5.12. The summed E-state index contributed by atoms with van der Waals surface area (Å²) in [7, 11) is 0. The molecule has 1 atom stereocenters. The van der Waals surface area contributed by atoms with Crippen LogP contribution < -0.4 is 5.73 Å². The minimum Gasteiger partial charge on any atom is -0.323 e. The lowest BCUT2D eigenvalue weighted by molar-refractivity contribution is 0.545. The molecule has 84 valence electrons. The van der Waals surface area contributed by atoms with E-state index in [1.807, 2.05) is 18.5 Å². The molecule has 0 aromatic carbocycles. The van der Waals surface area contributed by atoms with Crippen LogP contribution in [-0.4, -0.2) is 9.78 Å². The monoisotopic (exact) mass is 207 g/mol. The molecule has 0 bridgehead atoms. The van der Waals surface area contributed by atoms with Crippen molar-refractivity contribution in [3.05, 3.63) is 29.6 Å². The topological polar surface area (TPSA) is 43.8 Å². The predicted molar refractivity (Wildman–Crippen MR) is 63.6 cm³/mol. The number of hydrogen-bond acceptors (Lipinski definition) is 2. The van der Waals surface area contributed by atoms with Gasteiger partial charge in [-0.1, -0.05) is 5.57 Å². The van der Waals surface area contributed by atoms with Crippen LogP contribution in [0.4, 0.5) is 0 Å². The van der Waals surface area contributed by atoms with E-state index in [4.69, 9.17) is 5.73 Å². The molecule has 3 nitrogen and oxygen atoms in total. The first-order valence-corrected chi connectivity index (χ1v) is 5.49. The molecule has 0 radical (unpaired) electrons. The average Bonchev–Trinajstić information content (AvgIpc) is 2.56. The van der Waals surface area contributed by atoms with Crippen LogP contribution in [0.25, 0.3) is 0 Å². The Kier molecular flexibility index (Phi) is 4.09. The third-order valence-electron chi connectivity index (χ3n) is 2.49. The number of aromatic nitrogens is 2. The molecule has 1 aromatic heterocycles. The number of aryl methyl sites for hydroxylation is 2. The van der Waals surface area contributed by atoms with Gasteiger partial charge < -0.3 is 5.73 Å². The largest absolute Gasteiger partial charge is 0.323 e. The van der Waals surface area contributed by atoms with Crippen LogP contribution in [0.5, 0.6) is 0 Å². The van der Waals surface area contributed by atoms with Crippen LogP contribution in [-0.2, 0) is 6.54 Å². The van der Waals surface area contributed by atoms with Gasteiger partial charge in [0, 0.05) is 12.6 Å². The normalized spacial score (nSPS) is 12.8. The Bertz CT molecular complexity index is 339. The Balaban J connectivity index is 2.71. The molecule has 0 amide bonds. The van der Waals surface area contributed by atoms with Gasteiger partial charge in [0.1, 0.15) is 0 Å². The third kappa shape index (κ3) is 3.20. The van der Waals surface area contributed by atoms with Crippen molar-refractivity contribution < 1.29 is 0 Å². The number of nitrogens with two attached hydrogens (primary N) is 1. The molecule has 0 aliphatic heterocycles. The van der Waals surface area contributed by atoms with Crippen LogP contribution in [0.3, 0.4) is 0 Å². The molecule has 0 aliphatic rings. The van der Waals surface area contributed by atoms with Gasteiger partial charge in [-0.3, -0.25) is 4.68 Å². The van der Waals surface area contributed by atoms with Crippen LogP contribution in [0, 0.1) is 6.92 Å². The van der Waals surface area contributed by atoms with Gasteiger partial charge >= 0.3 is 0 Å². The van der Waals surface area contributed by atoms with Crippen molar-refractivity contribution in [2.45, 2.75) is 46.2 Å². The number of rotatable bonds is 5. The third-order valence-corrected chi connectivity index (χ3v) is 2.49. The summed E-state index contributed by atoms with van der Waals surface area (Å²) in [5.74, 6) is 0. The van der Waals surface area contributed by atoms with Crippen molar-refractivity contribution in [3.63, 3.8) is 0 Å². The molecule has 0 fully saturated rings. The molecular formula is C12H21N3. The Morgan fingerprint density at radius 1 is 1.67 bits per heavy atom. The summed E-state index contributed by atoms with van der Waals surface area (Å²) in [6, 6.07) is 2.15. The van der Waals surface area contributed by atoms with Crippen LogP contribution in [0.1, 0.15) is 44.1 Å². The zero-order valence-electron chi connectivity index (χ0n) is 9.95. The Hall–Kier alpha value is -1.09. The van der Waals surface area contributed by atoms with E-state index in [0.717, 1.165) is 30.8 Å². The van der Waals surface area contributed by atoms with Crippen LogP contribution in [0.15, 0.2) is 18.2 Å². The zero-order chi connectivity index (χ0) is 11.4. The fourth-order valence-electron chi connectivity index (χ4n) is 1.67. The Labute approximate surface area is 92.0 Å². The molecule has 1 heterocycles.